The predicted molar refractivity (Wildman–Crippen MR) is 208 cm³/mol. The van der Waals surface area contributed by atoms with Crippen LogP contribution < -0.4 is 4.74 Å². The van der Waals surface area contributed by atoms with Gasteiger partial charge in [-0.15, -0.1) is 0 Å². The first-order valence-corrected chi connectivity index (χ1v) is 20.7. The summed E-state index contributed by atoms with van der Waals surface area (Å²) < 4.78 is 6.39. The lowest BCUT2D eigenvalue weighted by Gasteiger charge is -2.27. The van der Waals surface area contributed by atoms with Crippen molar-refractivity contribution in [1.29, 1.82) is 0 Å². The molecule has 9 heteroatoms. The van der Waals surface area contributed by atoms with Gasteiger partial charge in [0.1, 0.15) is 11.5 Å². The Morgan fingerprint density at radius 3 is 1.43 bits per heavy atom. The number of benzene rings is 1. The molecule has 1 aromatic carbocycles. The lowest BCUT2D eigenvalue weighted by Crippen LogP contribution is -2.17. The molecule has 2 rings (SSSR count). The van der Waals surface area contributed by atoms with Crippen molar-refractivity contribution in [2.24, 2.45) is 0 Å². The van der Waals surface area contributed by atoms with Gasteiger partial charge < -0.3 is 9.84 Å². The normalized spacial score (nSPS) is 13.6. The van der Waals surface area contributed by atoms with Crippen LogP contribution in [0.1, 0.15) is 156 Å². The Hall–Kier alpha value is -0.770. The number of aromatic nitrogens is 3. The second kappa shape index (κ2) is 21.3. The Morgan fingerprint density at radius 2 is 1.04 bits per heavy atom. The maximum absolute atomic E-state index is 11.2. The Kier molecular flexibility index (Phi) is 19.2. The van der Waals surface area contributed by atoms with Gasteiger partial charge in [0, 0.05) is 33.1 Å². The molecule has 1 heterocycles. The Bertz CT molecular complexity index is 1070. The van der Waals surface area contributed by atoms with Gasteiger partial charge in [-0.3, -0.25) is 0 Å². The summed E-state index contributed by atoms with van der Waals surface area (Å²) in [5, 5.41) is 13.1. The summed E-state index contributed by atoms with van der Waals surface area (Å²) in [6.45, 7) is 17.1. The van der Waals surface area contributed by atoms with Crippen molar-refractivity contribution in [3.63, 3.8) is 0 Å². The number of thioether (sulfide) groups is 2. The van der Waals surface area contributed by atoms with Crippen LogP contribution in [0.2, 0.25) is 0 Å². The van der Waals surface area contributed by atoms with Crippen molar-refractivity contribution in [3.8, 4) is 17.5 Å². The highest BCUT2D eigenvalue weighted by molar-refractivity contribution is 8.00. The number of nitrogens with zero attached hydrogens (tertiary/aromatic N) is 3. The van der Waals surface area contributed by atoms with E-state index in [4.69, 9.17) is 44.9 Å². The van der Waals surface area contributed by atoms with Crippen molar-refractivity contribution in [2.45, 2.75) is 177 Å². The first-order chi connectivity index (χ1) is 21.7. The number of phenols is 1. The number of hydrogen-bond donors (Lipinski definition) is 3. The molecule has 0 saturated carbocycles. The third kappa shape index (κ3) is 16.1. The molecule has 0 aliphatic heterocycles. The van der Waals surface area contributed by atoms with Crippen molar-refractivity contribution < 1.29 is 9.84 Å². The standard InChI is InChI=1S/C37H63N3O2S4/c1-9-11-13-15-17-19-21-28(43)25-45-34-38-33(39-35(40-34)46-26-29(44)22-20-18-16-14-12-10-2)42-27-23-30(36(3,4)5)32(41)31(24-27)37(6,7)8/h23-24,28-29,41,43-44H,9-22,25-26H2,1-8H3. The van der Waals surface area contributed by atoms with Gasteiger partial charge in [0.2, 0.25) is 0 Å². The number of aromatic hydroxyl groups is 1. The summed E-state index contributed by atoms with van der Waals surface area (Å²) >= 11 is 13.0. The summed E-state index contributed by atoms with van der Waals surface area (Å²) in [6, 6.07) is 4.12. The zero-order valence-electron chi connectivity index (χ0n) is 30.0. The monoisotopic (exact) mass is 709 g/mol. The van der Waals surface area contributed by atoms with E-state index < -0.39 is 0 Å². The lowest BCUT2D eigenvalue weighted by molar-refractivity contribution is 0.401. The fourth-order valence-electron chi connectivity index (χ4n) is 5.24. The number of hydrogen-bond acceptors (Lipinski definition) is 9. The van der Waals surface area contributed by atoms with Crippen LogP contribution in [0.3, 0.4) is 0 Å². The first kappa shape index (κ1) is 41.4. The summed E-state index contributed by atoms with van der Waals surface area (Å²) in [5.74, 6) is 2.61. The molecule has 0 radical (unpaired) electrons. The molecule has 2 aromatic rings. The van der Waals surface area contributed by atoms with Crippen molar-refractivity contribution in [2.75, 3.05) is 11.5 Å². The molecule has 262 valence electrons. The van der Waals surface area contributed by atoms with Crippen LogP contribution in [-0.4, -0.2) is 42.1 Å². The second-order valence-electron chi connectivity index (χ2n) is 14.7. The minimum absolute atomic E-state index is 0.264. The smallest absolute Gasteiger partial charge is 0.327 e. The number of unbranched alkanes of at least 4 members (excludes halogenated alkanes) is 10. The van der Waals surface area contributed by atoms with E-state index in [0.717, 1.165) is 35.5 Å². The van der Waals surface area contributed by atoms with Crippen molar-refractivity contribution >= 4 is 48.8 Å². The van der Waals surface area contributed by atoms with E-state index >= 15 is 0 Å². The molecule has 0 aliphatic rings. The third-order valence-corrected chi connectivity index (χ3v) is 11.5. The van der Waals surface area contributed by atoms with Gasteiger partial charge in [-0.2, -0.15) is 40.2 Å². The zero-order valence-corrected chi connectivity index (χ0v) is 33.5. The first-order valence-electron chi connectivity index (χ1n) is 17.7. The minimum Gasteiger partial charge on any atom is -0.507 e. The average Bonchev–Trinajstić information content (AvgIpc) is 2.98. The fraction of sp³-hybridized carbons (Fsp3) is 0.757. The van der Waals surface area contributed by atoms with E-state index in [1.165, 1.54) is 77.0 Å². The largest absolute Gasteiger partial charge is 0.507 e. The van der Waals surface area contributed by atoms with Crippen LogP contribution in [0, 0.1) is 0 Å². The van der Waals surface area contributed by atoms with Gasteiger partial charge in [-0.25, -0.2) is 0 Å². The van der Waals surface area contributed by atoms with Crippen molar-refractivity contribution in [1.82, 2.24) is 15.0 Å². The molecule has 1 aromatic heterocycles. The van der Waals surface area contributed by atoms with Crippen LogP contribution in [0.15, 0.2) is 22.4 Å². The maximum Gasteiger partial charge on any atom is 0.327 e. The maximum atomic E-state index is 11.2. The van der Waals surface area contributed by atoms with Gasteiger partial charge in [0.25, 0.3) is 0 Å². The van der Waals surface area contributed by atoms with Crippen LogP contribution in [0.25, 0.3) is 0 Å². The minimum atomic E-state index is -0.264. The number of rotatable bonds is 22. The van der Waals surface area contributed by atoms with E-state index in [1.54, 1.807) is 23.5 Å². The number of thiol groups is 2. The van der Waals surface area contributed by atoms with Crippen LogP contribution in [-0.2, 0) is 10.8 Å². The quantitative estimate of drug-likeness (QED) is 0.0639. The molecular weight excluding hydrogens is 647 g/mol. The summed E-state index contributed by atoms with van der Waals surface area (Å²) in [7, 11) is 0. The molecule has 1 N–H and O–H groups in total. The Balaban J connectivity index is 2.20. The Labute approximate surface area is 301 Å². The van der Waals surface area contributed by atoms with Gasteiger partial charge in [-0.1, -0.05) is 156 Å². The SMILES string of the molecule is CCCCCCCCC(S)CSc1nc(Oc2cc(C(C)(C)C)c(O)c(C(C)(C)C)c2)nc(SCC(S)CCCCCCCC)n1. The van der Waals surface area contributed by atoms with Crippen LogP contribution in [0.5, 0.6) is 17.5 Å². The molecule has 0 amide bonds. The number of phenolic OH excluding ortho intramolecular Hbond substituents is 1. The highest BCUT2D eigenvalue weighted by Crippen LogP contribution is 2.42. The lowest BCUT2D eigenvalue weighted by atomic mass is 9.79. The molecule has 5 nitrogen and oxygen atoms in total. The summed E-state index contributed by atoms with van der Waals surface area (Å²) in [5.41, 5.74) is 1.15. The summed E-state index contributed by atoms with van der Waals surface area (Å²) in [4.78, 5) is 14.3. The van der Waals surface area contributed by atoms with E-state index in [1.807, 2.05) is 12.1 Å². The van der Waals surface area contributed by atoms with E-state index in [9.17, 15) is 5.11 Å². The molecule has 0 aliphatic carbocycles. The van der Waals surface area contributed by atoms with E-state index in [2.05, 4.69) is 55.4 Å². The van der Waals surface area contributed by atoms with Crippen LogP contribution >= 0.6 is 48.8 Å². The van der Waals surface area contributed by atoms with Gasteiger partial charge in [0.05, 0.1) is 0 Å². The molecular formula is C37H63N3O2S4. The topological polar surface area (TPSA) is 68.1 Å². The molecule has 46 heavy (non-hydrogen) atoms. The highest BCUT2D eigenvalue weighted by atomic mass is 32.2. The highest BCUT2D eigenvalue weighted by Gasteiger charge is 2.27. The third-order valence-electron chi connectivity index (χ3n) is 8.07. The van der Waals surface area contributed by atoms with Gasteiger partial charge in [0.15, 0.2) is 10.3 Å². The average molecular weight is 710 g/mol. The van der Waals surface area contributed by atoms with Crippen LogP contribution in [0.4, 0.5) is 0 Å². The van der Waals surface area contributed by atoms with E-state index in [0.29, 0.717) is 21.8 Å². The predicted octanol–water partition coefficient (Wildman–Crippen LogP) is 12.2. The zero-order chi connectivity index (χ0) is 34.2. The number of ether oxygens (including phenoxy) is 1. The van der Waals surface area contributed by atoms with Gasteiger partial charge in [-0.05, 0) is 35.8 Å². The molecule has 2 unspecified atom stereocenters. The van der Waals surface area contributed by atoms with Gasteiger partial charge >= 0.3 is 6.01 Å². The molecule has 0 spiro atoms. The Morgan fingerprint density at radius 1 is 0.652 bits per heavy atom. The molecule has 2 atom stereocenters. The summed E-state index contributed by atoms with van der Waals surface area (Å²) in [6.07, 6.45) is 17.7. The van der Waals surface area contributed by atoms with Crippen molar-refractivity contribution in [3.05, 3.63) is 23.3 Å². The second-order valence-corrected chi connectivity index (χ2v) is 18.1. The molecule has 0 saturated heterocycles. The fourth-order valence-corrected chi connectivity index (χ4v) is 7.71. The molecule has 0 bridgehead atoms. The molecule has 0 fully saturated rings. The van der Waals surface area contributed by atoms with E-state index in [-0.39, 0.29) is 27.3 Å².